The highest BCUT2D eigenvalue weighted by molar-refractivity contribution is 5.69. The zero-order valence-electron chi connectivity index (χ0n) is 15.4. The Morgan fingerprint density at radius 2 is 1.08 bits per heavy atom. The van der Waals surface area contributed by atoms with E-state index in [1.54, 1.807) is 0 Å². The first-order valence-electron chi connectivity index (χ1n) is 8.83. The van der Waals surface area contributed by atoms with E-state index in [0.29, 0.717) is 11.8 Å². The van der Waals surface area contributed by atoms with Gasteiger partial charge in [0, 0.05) is 18.4 Å². The molecule has 1 aromatic heterocycles. The Kier molecular flexibility index (Phi) is 4.62. The van der Waals surface area contributed by atoms with E-state index in [4.69, 9.17) is 0 Å². The Hall–Kier alpha value is -2.28. The average Bonchev–Trinajstić information content (AvgIpc) is 2.97. The van der Waals surface area contributed by atoms with Crippen LogP contribution in [0, 0.1) is 0 Å². The molecule has 0 aliphatic heterocycles. The van der Waals surface area contributed by atoms with Crippen LogP contribution in [0.15, 0.2) is 60.7 Å². The third-order valence-electron chi connectivity index (χ3n) is 4.84. The van der Waals surface area contributed by atoms with Crippen LogP contribution in [0.3, 0.4) is 0 Å². The maximum Gasteiger partial charge on any atom is 0.0479 e. The van der Waals surface area contributed by atoms with Crippen LogP contribution in [0.5, 0.6) is 0 Å². The van der Waals surface area contributed by atoms with Gasteiger partial charge in [-0.2, -0.15) is 0 Å². The monoisotopic (exact) mass is 317 g/mol. The summed E-state index contributed by atoms with van der Waals surface area (Å²) in [7, 11) is 2.16. The molecule has 0 saturated heterocycles. The summed E-state index contributed by atoms with van der Waals surface area (Å²) in [5.74, 6) is 1.12. The summed E-state index contributed by atoms with van der Waals surface area (Å²) in [6, 6.07) is 22.3. The van der Waals surface area contributed by atoms with Gasteiger partial charge in [0.15, 0.2) is 0 Å². The van der Waals surface area contributed by atoms with Gasteiger partial charge in [0.05, 0.1) is 0 Å². The van der Waals surface area contributed by atoms with E-state index in [1.165, 1.54) is 33.6 Å². The minimum absolute atomic E-state index is 0.544. The molecule has 0 N–H and O–H groups in total. The third kappa shape index (κ3) is 3.17. The summed E-state index contributed by atoms with van der Waals surface area (Å²) in [6.45, 7) is 8.94. The van der Waals surface area contributed by atoms with Crippen LogP contribution in [0.25, 0.3) is 22.4 Å². The van der Waals surface area contributed by atoms with Crippen molar-refractivity contribution < 1.29 is 0 Å². The number of hydrogen-bond donors (Lipinski definition) is 0. The van der Waals surface area contributed by atoms with E-state index in [9.17, 15) is 0 Å². The van der Waals surface area contributed by atoms with E-state index >= 15 is 0 Å². The zero-order valence-corrected chi connectivity index (χ0v) is 15.4. The smallest absolute Gasteiger partial charge is 0.0479 e. The van der Waals surface area contributed by atoms with Crippen LogP contribution in [0.1, 0.15) is 50.8 Å². The first kappa shape index (κ1) is 16.6. The molecule has 3 rings (SSSR count). The lowest BCUT2D eigenvalue weighted by atomic mass is 9.98. The molecule has 0 fully saturated rings. The van der Waals surface area contributed by atoms with Crippen molar-refractivity contribution in [1.29, 1.82) is 0 Å². The first-order valence-corrected chi connectivity index (χ1v) is 8.83. The van der Waals surface area contributed by atoms with Gasteiger partial charge in [-0.15, -0.1) is 0 Å². The molecule has 0 amide bonds. The van der Waals surface area contributed by atoms with Gasteiger partial charge < -0.3 is 4.57 Å². The average molecular weight is 317 g/mol. The first-order chi connectivity index (χ1) is 11.5. The predicted molar refractivity (Wildman–Crippen MR) is 104 cm³/mol. The molecule has 0 atom stereocenters. The molecule has 0 aliphatic rings. The van der Waals surface area contributed by atoms with Crippen LogP contribution in [0.2, 0.25) is 0 Å². The van der Waals surface area contributed by atoms with Gasteiger partial charge in [0.25, 0.3) is 0 Å². The van der Waals surface area contributed by atoms with Crippen molar-refractivity contribution in [2.24, 2.45) is 7.05 Å². The number of hydrogen-bond acceptors (Lipinski definition) is 0. The fourth-order valence-electron chi connectivity index (χ4n) is 3.29. The van der Waals surface area contributed by atoms with E-state index in [2.05, 4.69) is 100.0 Å². The fraction of sp³-hybridized carbons (Fsp3) is 0.304. The van der Waals surface area contributed by atoms with Crippen LogP contribution < -0.4 is 0 Å². The lowest BCUT2D eigenvalue weighted by Gasteiger charge is -2.11. The van der Waals surface area contributed by atoms with Gasteiger partial charge >= 0.3 is 0 Å². The highest BCUT2D eigenvalue weighted by Gasteiger charge is 2.09. The van der Waals surface area contributed by atoms with E-state index < -0.39 is 0 Å². The Balaban J connectivity index is 1.88. The van der Waals surface area contributed by atoms with Crippen LogP contribution >= 0.6 is 0 Å². The Labute approximate surface area is 146 Å². The Morgan fingerprint density at radius 1 is 0.583 bits per heavy atom. The van der Waals surface area contributed by atoms with E-state index in [1.807, 2.05) is 0 Å². The van der Waals surface area contributed by atoms with Crippen molar-refractivity contribution in [3.8, 4) is 22.4 Å². The van der Waals surface area contributed by atoms with Gasteiger partial charge in [0.1, 0.15) is 0 Å². The van der Waals surface area contributed by atoms with Gasteiger partial charge in [0.2, 0.25) is 0 Å². The molecule has 24 heavy (non-hydrogen) atoms. The number of rotatable bonds is 4. The second-order valence-corrected chi connectivity index (χ2v) is 7.21. The number of nitrogens with zero attached hydrogens (tertiary/aromatic N) is 1. The van der Waals surface area contributed by atoms with Crippen molar-refractivity contribution in [2.75, 3.05) is 0 Å². The maximum absolute atomic E-state index is 2.30. The summed E-state index contributed by atoms with van der Waals surface area (Å²) < 4.78 is 2.30. The summed E-state index contributed by atoms with van der Waals surface area (Å²) in [5, 5.41) is 0. The molecular formula is C23H27N. The highest BCUT2D eigenvalue weighted by Crippen LogP contribution is 2.28. The second kappa shape index (κ2) is 6.68. The van der Waals surface area contributed by atoms with Crippen molar-refractivity contribution >= 4 is 0 Å². The normalized spacial score (nSPS) is 11.5. The molecular weight excluding hydrogens is 290 g/mol. The molecule has 3 aromatic rings. The van der Waals surface area contributed by atoms with Crippen molar-refractivity contribution in [1.82, 2.24) is 4.57 Å². The standard InChI is InChI=1S/C23H27N/c1-16(2)18-6-8-19(9-7-18)20-10-12-21(13-11-20)23-15-14-22(17(3)4)24(23)5/h6-17H,1-5H3. The van der Waals surface area contributed by atoms with E-state index in [-0.39, 0.29) is 0 Å². The lowest BCUT2D eigenvalue weighted by molar-refractivity contribution is 0.745. The minimum atomic E-state index is 0.544. The SMILES string of the molecule is CC(C)c1ccc(-c2ccc(-c3ccc(C(C)C)n3C)cc2)cc1. The predicted octanol–water partition coefficient (Wildman–Crippen LogP) is 6.61. The molecule has 0 radical (unpaired) electrons. The highest BCUT2D eigenvalue weighted by atomic mass is 15.0. The molecule has 124 valence electrons. The number of aromatic nitrogens is 1. The summed E-state index contributed by atoms with van der Waals surface area (Å²) in [5.41, 5.74) is 7.86. The zero-order chi connectivity index (χ0) is 17.3. The molecule has 0 saturated carbocycles. The Bertz CT molecular complexity index is 802. The largest absolute Gasteiger partial charge is 0.347 e. The van der Waals surface area contributed by atoms with Gasteiger partial charge in [-0.3, -0.25) is 0 Å². The molecule has 0 unspecified atom stereocenters. The van der Waals surface area contributed by atoms with Crippen LogP contribution in [-0.2, 0) is 7.05 Å². The van der Waals surface area contributed by atoms with Gasteiger partial charge in [-0.05, 0) is 46.2 Å². The summed E-state index contributed by atoms with van der Waals surface area (Å²) >= 11 is 0. The van der Waals surface area contributed by atoms with Crippen molar-refractivity contribution in [2.45, 2.75) is 39.5 Å². The molecule has 2 aromatic carbocycles. The molecule has 0 bridgehead atoms. The summed E-state index contributed by atoms with van der Waals surface area (Å²) in [6.07, 6.45) is 0. The molecule has 1 heteroatoms. The van der Waals surface area contributed by atoms with Crippen molar-refractivity contribution in [3.05, 3.63) is 71.9 Å². The second-order valence-electron chi connectivity index (χ2n) is 7.21. The third-order valence-corrected chi connectivity index (χ3v) is 4.84. The minimum Gasteiger partial charge on any atom is -0.347 e. The topological polar surface area (TPSA) is 4.93 Å². The van der Waals surface area contributed by atoms with Gasteiger partial charge in [-0.1, -0.05) is 76.2 Å². The Morgan fingerprint density at radius 3 is 1.54 bits per heavy atom. The molecule has 0 aliphatic carbocycles. The number of benzene rings is 2. The maximum atomic E-state index is 2.30. The van der Waals surface area contributed by atoms with Crippen LogP contribution in [0.4, 0.5) is 0 Å². The van der Waals surface area contributed by atoms with E-state index in [0.717, 1.165) is 0 Å². The molecule has 1 nitrogen and oxygen atoms in total. The molecule has 1 heterocycles. The fourth-order valence-corrected chi connectivity index (χ4v) is 3.29. The lowest BCUT2D eigenvalue weighted by Crippen LogP contribution is -1.99. The molecule has 0 spiro atoms. The van der Waals surface area contributed by atoms with Crippen LogP contribution in [-0.4, -0.2) is 4.57 Å². The quantitative estimate of drug-likeness (QED) is 0.510. The van der Waals surface area contributed by atoms with Gasteiger partial charge in [-0.25, -0.2) is 0 Å². The van der Waals surface area contributed by atoms with Crippen molar-refractivity contribution in [3.63, 3.8) is 0 Å². The summed E-state index contributed by atoms with van der Waals surface area (Å²) in [4.78, 5) is 0.